The lowest BCUT2D eigenvalue weighted by Crippen LogP contribution is -2.50. The van der Waals surface area contributed by atoms with Gasteiger partial charge in [-0.2, -0.15) is 0 Å². The Balaban J connectivity index is 1.10. The third-order valence-electron chi connectivity index (χ3n) is 7.83. The summed E-state index contributed by atoms with van der Waals surface area (Å²) < 4.78 is 14.4. The Kier molecular flexibility index (Phi) is 5.66. The first kappa shape index (κ1) is 20.5. The van der Waals surface area contributed by atoms with Crippen molar-refractivity contribution in [3.05, 3.63) is 35.2 Å². The zero-order valence-electron chi connectivity index (χ0n) is 17.9. The highest BCUT2D eigenvalue weighted by atomic mass is 35.5. The van der Waals surface area contributed by atoms with Crippen molar-refractivity contribution in [3.8, 4) is 0 Å². The van der Waals surface area contributed by atoms with Gasteiger partial charge >= 0.3 is 0 Å². The molecule has 2 aromatic rings. The molecule has 4 bridgehead atoms. The van der Waals surface area contributed by atoms with E-state index in [0.717, 1.165) is 48.0 Å². The van der Waals surface area contributed by atoms with Crippen molar-refractivity contribution in [1.29, 1.82) is 0 Å². The zero-order valence-corrected chi connectivity index (χ0v) is 18.6. The van der Waals surface area contributed by atoms with E-state index >= 15 is 0 Å². The van der Waals surface area contributed by atoms with Gasteiger partial charge in [-0.3, -0.25) is 4.98 Å². The van der Waals surface area contributed by atoms with Crippen LogP contribution in [0, 0.1) is 29.0 Å². The average molecular weight is 430 g/mol. The molecule has 162 valence electrons. The summed E-state index contributed by atoms with van der Waals surface area (Å²) >= 11 is 6.05. The molecule has 6 rings (SSSR count). The molecule has 2 N–H and O–H groups in total. The Morgan fingerprint density at radius 3 is 2.57 bits per heavy atom. The average Bonchev–Trinajstić information content (AvgIpc) is 2.69. The van der Waals surface area contributed by atoms with Gasteiger partial charge in [0, 0.05) is 23.0 Å². The topological polar surface area (TPSA) is 37.0 Å². The molecule has 4 saturated carbocycles. The Morgan fingerprint density at radius 2 is 1.87 bits per heavy atom. The molecule has 1 aromatic carbocycles. The maximum Gasteiger partial charge on any atom is 0.165 e. The normalized spacial score (nSPS) is 30.7. The largest absolute Gasteiger partial charge is 0.380 e. The first-order valence-corrected chi connectivity index (χ1v) is 12.1. The van der Waals surface area contributed by atoms with E-state index in [1.54, 1.807) is 12.1 Å². The van der Waals surface area contributed by atoms with Crippen LogP contribution in [0.3, 0.4) is 0 Å². The van der Waals surface area contributed by atoms with Crippen molar-refractivity contribution in [2.75, 3.05) is 18.4 Å². The van der Waals surface area contributed by atoms with Crippen molar-refractivity contribution in [2.45, 2.75) is 64.3 Å². The van der Waals surface area contributed by atoms with E-state index in [0.29, 0.717) is 16.1 Å². The lowest BCUT2D eigenvalue weighted by atomic mass is 9.49. The van der Waals surface area contributed by atoms with Crippen LogP contribution < -0.4 is 10.6 Å². The van der Waals surface area contributed by atoms with E-state index in [1.807, 2.05) is 6.07 Å². The van der Waals surface area contributed by atoms with Gasteiger partial charge in [0.25, 0.3) is 0 Å². The van der Waals surface area contributed by atoms with Gasteiger partial charge in [0.1, 0.15) is 0 Å². The van der Waals surface area contributed by atoms with Crippen molar-refractivity contribution in [2.24, 2.45) is 23.2 Å². The zero-order chi connectivity index (χ0) is 20.7. The van der Waals surface area contributed by atoms with E-state index in [4.69, 9.17) is 11.6 Å². The van der Waals surface area contributed by atoms with Crippen molar-refractivity contribution < 1.29 is 4.39 Å². The Hall–Kier alpha value is -1.39. The van der Waals surface area contributed by atoms with E-state index in [1.165, 1.54) is 51.3 Å². The standard InChI is InChI=1S/C25H33ClFN3/c1-16(30-24-21-5-4-20(26)10-23(21)29-14-22(24)27)3-2-6-28-15-25-11-17-7-18(12-25)9-19(8-17)13-25/h4-5,10,14,16-19,28H,2-3,6-9,11-13,15H2,1H3,(H,29,30). The van der Waals surface area contributed by atoms with Crippen LogP contribution in [0.4, 0.5) is 10.1 Å². The fourth-order valence-corrected chi connectivity index (χ4v) is 7.17. The van der Waals surface area contributed by atoms with E-state index in [9.17, 15) is 4.39 Å². The monoisotopic (exact) mass is 429 g/mol. The van der Waals surface area contributed by atoms with Gasteiger partial charge in [-0.1, -0.05) is 11.6 Å². The Labute approximate surface area is 184 Å². The maximum atomic E-state index is 14.4. The lowest BCUT2D eigenvalue weighted by molar-refractivity contribution is -0.0512. The second kappa shape index (κ2) is 8.27. The molecule has 0 amide bonds. The number of nitrogens with zero attached hydrogens (tertiary/aromatic N) is 1. The van der Waals surface area contributed by atoms with Gasteiger partial charge in [-0.25, -0.2) is 4.39 Å². The highest BCUT2D eigenvalue weighted by molar-refractivity contribution is 6.31. The molecular formula is C25H33ClFN3. The van der Waals surface area contributed by atoms with Crippen molar-refractivity contribution in [1.82, 2.24) is 10.3 Å². The number of fused-ring (bicyclic) bond motifs is 1. The first-order chi connectivity index (χ1) is 14.5. The highest BCUT2D eigenvalue weighted by Gasteiger charge is 2.50. The second-order valence-corrected chi connectivity index (χ2v) is 10.9. The predicted molar refractivity (Wildman–Crippen MR) is 123 cm³/mol. The third kappa shape index (κ3) is 4.18. The molecule has 4 fully saturated rings. The molecule has 0 spiro atoms. The molecule has 1 atom stereocenters. The number of halogens is 2. The number of pyridine rings is 1. The summed E-state index contributed by atoms with van der Waals surface area (Å²) in [6.07, 6.45) is 12.3. The summed E-state index contributed by atoms with van der Waals surface area (Å²) in [5.41, 5.74) is 1.85. The number of anilines is 1. The molecule has 0 saturated heterocycles. The van der Waals surface area contributed by atoms with Gasteiger partial charge in [0.05, 0.1) is 17.4 Å². The van der Waals surface area contributed by atoms with Crippen LogP contribution in [0.1, 0.15) is 58.3 Å². The van der Waals surface area contributed by atoms with Gasteiger partial charge < -0.3 is 10.6 Å². The minimum atomic E-state index is -0.309. The van der Waals surface area contributed by atoms with Crippen LogP contribution in [0.5, 0.6) is 0 Å². The minimum Gasteiger partial charge on any atom is -0.380 e. The maximum absolute atomic E-state index is 14.4. The lowest BCUT2D eigenvalue weighted by Gasteiger charge is -2.57. The number of hydrogen-bond donors (Lipinski definition) is 2. The summed E-state index contributed by atoms with van der Waals surface area (Å²) in [5, 5.41) is 8.55. The van der Waals surface area contributed by atoms with E-state index < -0.39 is 0 Å². The second-order valence-electron chi connectivity index (χ2n) is 10.4. The Bertz CT molecular complexity index is 879. The van der Waals surface area contributed by atoms with Gasteiger partial charge in [0.2, 0.25) is 0 Å². The number of benzene rings is 1. The van der Waals surface area contributed by atoms with E-state index in [2.05, 4.69) is 22.5 Å². The quantitative estimate of drug-likeness (QED) is 0.476. The molecule has 1 unspecified atom stereocenters. The predicted octanol–water partition coefficient (Wildman–Crippen LogP) is 6.41. The van der Waals surface area contributed by atoms with Gasteiger partial charge in [-0.15, -0.1) is 0 Å². The molecular weight excluding hydrogens is 397 g/mol. The summed E-state index contributed by atoms with van der Waals surface area (Å²) in [6, 6.07) is 5.60. The third-order valence-corrected chi connectivity index (χ3v) is 8.07. The number of nitrogens with one attached hydrogen (secondary N) is 2. The fraction of sp³-hybridized carbons (Fsp3) is 0.640. The molecule has 4 aliphatic rings. The summed E-state index contributed by atoms with van der Waals surface area (Å²) in [5.74, 6) is 2.74. The summed E-state index contributed by atoms with van der Waals surface area (Å²) in [6.45, 7) is 4.37. The molecule has 4 aliphatic carbocycles. The van der Waals surface area contributed by atoms with Crippen LogP contribution >= 0.6 is 11.6 Å². The van der Waals surface area contributed by atoms with Crippen molar-refractivity contribution in [3.63, 3.8) is 0 Å². The highest BCUT2D eigenvalue weighted by Crippen LogP contribution is 2.59. The van der Waals surface area contributed by atoms with Gasteiger partial charge in [0.15, 0.2) is 5.82 Å². The van der Waals surface area contributed by atoms with Gasteiger partial charge in [-0.05, 0) is 106 Å². The first-order valence-electron chi connectivity index (χ1n) is 11.7. The van der Waals surface area contributed by atoms with Crippen LogP contribution in [-0.2, 0) is 0 Å². The molecule has 3 nitrogen and oxygen atoms in total. The molecule has 0 radical (unpaired) electrons. The van der Waals surface area contributed by atoms with Crippen LogP contribution in [0.2, 0.25) is 5.02 Å². The summed E-state index contributed by atoms with van der Waals surface area (Å²) in [7, 11) is 0. The smallest absolute Gasteiger partial charge is 0.165 e. The minimum absolute atomic E-state index is 0.196. The molecule has 0 aliphatic heterocycles. The molecule has 1 heterocycles. The molecule has 5 heteroatoms. The summed E-state index contributed by atoms with van der Waals surface area (Å²) in [4.78, 5) is 4.16. The number of rotatable bonds is 8. The molecule has 1 aromatic heterocycles. The Morgan fingerprint density at radius 1 is 1.17 bits per heavy atom. The number of hydrogen-bond acceptors (Lipinski definition) is 3. The van der Waals surface area contributed by atoms with Crippen LogP contribution in [0.25, 0.3) is 10.9 Å². The van der Waals surface area contributed by atoms with E-state index in [-0.39, 0.29) is 11.9 Å². The number of aromatic nitrogens is 1. The molecule has 30 heavy (non-hydrogen) atoms. The van der Waals surface area contributed by atoms with Crippen LogP contribution in [-0.4, -0.2) is 24.1 Å². The fourth-order valence-electron chi connectivity index (χ4n) is 7.00. The van der Waals surface area contributed by atoms with Crippen LogP contribution in [0.15, 0.2) is 24.4 Å². The van der Waals surface area contributed by atoms with Crippen molar-refractivity contribution >= 4 is 28.2 Å². The SMILES string of the molecule is CC(CCCNCC12CC3CC(CC(C3)C1)C2)Nc1c(F)cnc2cc(Cl)ccc12.